The smallest absolute Gasteiger partial charge is 0.204 e. The molecule has 1 aromatic heterocycles. The fourth-order valence-corrected chi connectivity index (χ4v) is 2.08. The Kier molecular flexibility index (Phi) is 3.54. The van der Waals surface area contributed by atoms with Crippen LogP contribution in [0.5, 0.6) is 0 Å². The summed E-state index contributed by atoms with van der Waals surface area (Å²) in [5.41, 5.74) is 0.956. The number of rotatable bonds is 5. The Bertz CT molecular complexity index is 345. The van der Waals surface area contributed by atoms with Crippen molar-refractivity contribution in [2.45, 2.75) is 25.8 Å². The van der Waals surface area contributed by atoms with Gasteiger partial charge >= 0.3 is 0 Å². The lowest BCUT2D eigenvalue weighted by molar-refractivity contribution is 0.597. The van der Waals surface area contributed by atoms with Gasteiger partial charge in [0, 0.05) is 13.6 Å². The SMILES string of the molecule is Cn1c(Cl)nc(Cl)c1CNCCC1CC1. The van der Waals surface area contributed by atoms with Crippen molar-refractivity contribution in [1.82, 2.24) is 14.9 Å². The molecule has 1 aliphatic rings. The summed E-state index contributed by atoms with van der Waals surface area (Å²) >= 11 is 11.8. The normalized spacial score (nSPS) is 15.9. The molecule has 84 valence electrons. The minimum absolute atomic E-state index is 0.444. The summed E-state index contributed by atoms with van der Waals surface area (Å²) in [6, 6.07) is 0. The lowest BCUT2D eigenvalue weighted by Crippen LogP contribution is -2.17. The first-order valence-electron chi connectivity index (χ1n) is 5.26. The van der Waals surface area contributed by atoms with Gasteiger partial charge in [-0.1, -0.05) is 24.4 Å². The zero-order valence-corrected chi connectivity index (χ0v) is 10.3. The molecule has 0 unspecified atom stereocenters. The van der Waals surface area contributed by atoms with Crippen LogP contribution < -0.4 is 5.32 Å². The molecular weight excluding hydrogens is 233 g/mol. The molecule has 1 N–H and O–H groups in total. The number of hydrogen-bond donors (Lipinski definition) is 1. The van der Waals surface area contributed by atoms with Crippen molar-refractivity contribution in [3.05, 3.63) is 16.1 Å². The summed E-state index contributed by atoms with van der Waals surface area (Å²) in [5, 5.41) is 4.31. The van der Waals surface area contributed by atoms with E-state index in [1.807, 2.05) is 11.6 Å². The van der Waals surface area contributed by atoms with Gasteiger partial charge in [-0.2, -0.15) is 0 Å². The Hall–Kier alpha value is -0.250. The van der Waals surface area contributed by atoms with E-state index in [4.69, 9.17) is 23.2 Å². The van der Waals surface area contributed by atoms with Gasteiger partial charge in [0.15, 0.2) is 5.15 Å². The van der Waals surface area contributed by atoms with Crippen LogP contribution in [0.4, 0.5) is 0 Å². The molecule has 2 rings (SSSR count). The fraction of sp³-hybridized carbons (Fsp3) is 0.700. The summed E-state index contributed by atoms with van der Waals surface area (Å²) in [5.74, 6) is 0.961. The number of halogens is 2. The predicted molar refractivity (Wildman–Crippen MR) is 62.3 cm³/mol. The quantitative estimate of drug-likeness (QED) is 0.812. The minimum atomic E-state index is 0.444. The van der Waals surface area contributed by atoms with Gasteiger partial charge in [-0.3, -0.25) is 0 Å². The molecule has 0 amide bonds. The largest absolute Gasteiger partial charge is 0.319 e. The lowest BCUT2D eigenvalue weighted by atomic mass is 10.3. The van der Waals surface area contributed by atoms with Gasteiger partial charge in [0.2, 0.25) is 5.28 Å². The second-order valence-corrected chi connectivity index (χ2v) is 4.78. The van der Waals surface area contributed by atoms with Crippen molar-refractivity contribution in [3.8, 4) is 0 Å². The van der Waals surface area contributed by atoms with Gasteiger partial charge in [0.25, 0.3) is 0 Å². The van der Waals surface area contributed by atoms with Gasteiger partial charge in [-0.15, -0.1) is 0 Å². The second kappa shape index (κ2) is 4.73. The zero-order valence-electron chi connectivity index (χ0n) is 8.76. The number of aromatic nitrogens is 2. The van der Waals surface area contributed by atoms with Crippen molar-refractivity contribution in [2.75, 3.05) is 6.54 Å². The summed E-state index contributed by atoms with van der Waals surface area (Å²) in [6.07, 6.45) is 4.07. The van der Waals surface area contributed by atoms with Crippen LogP contribution in [0, 0.1) is 5.92 Å². The van der Waals surface area contributed by atoms with Crippen LogP contribution in [-0.4, -0.2) is 16.1 Å². The topological polar surface area (TPSA) is 29.9 Å². The van der Waals surface area contributed by atoms with Crippen LogP contribution >= 0.6 is 23.2 Å². The summed E-state index contributed by atoms with van der Waals surface area (Å²) in [7, 11) is 1.87. The molecule has 1 fully saturated rings. The summed E-state index contributed by atoms with van der Waals surface area (Å²) < 4.78 is 1.81. The predicted octanol–water partition coefficient (Wildman–Crippen LogP) is 2.62. The average molecular weight is 248 g/mol. The van der Waals surface area contributed by atoms with Gasteiger partial charge in [0.1, 0.15) is 0 Å². The average Bonchev–Trinajstić information content (AvgIpc) is 2.96. The molecule has 0 radical (unpaired) electrons. The Balaban J connectivity index is 1.81. The van der Waals surface area contributed by atoms with Crippen molar-refractivity contribution in [1.29, 1.82) is 0 Å². The van der Waals surface area contributed by atoms with Crippen molar-refractivity contribution in [3.63, 3.8) is 0 Å². The number of nitrogens with zero attached hydrogens (tertiary/aromatic N) is 2. The Labute approximate surface area is 99.8 Å². The molecule has 0 atom stereocenters. The Morgan fingerprint density at radius 1 is 1.47 bits per heavy atom. The van der Waals surface area contributed by atoms with Crippen LogP contribution in [0.3, 0.4) is 0 Å². The Morgan fingerprint density at radius 3 is 2.73 bits per heavy atom. The second-order valence-electron chi connectivity index (χ2n) is 4.09. The maximum absolute atomic E-state index is 5.95. The van der Waals surface area contributed by atoms with Gasteiger partial charge in [-0.05, 0) is 30.5 Å². The monoisotopic (exact) mass is 247 g/mol. The van der Waals surface area contributed by atoms with Gasteiger partial charge < -0.3 is 9.88 Å². The number of nitrogens with one attached hydrogen (secondary N) is 1. The maximum Gasteiger partial charge on any atom is 0.204 e. The molecule has 0 saturated heterocycles. The third-order valence-electron chi connectivity index (χ3n) is 2.83. The first-order valence-corrected chi connectivity index (χ1v) is 6.01. The molecule has 1 saturated carbocycles. The molecule has 15 heavy (non-hydrogen) atoms. The van der Waals surface area contributed by atoms with E-state index in [9.17, 15) is 0 Å². The highest BCUT2D eigenvalue weighted by molar-refractivity contribution is 6.32. The Morgan fingerprint density at radius 2 is 2.20 bits per heavy atom. The van der Waals surface area contributed by atoms with E-state index in [1.54, 1.807) is 0 Å². The van der Waals surface area contributed by atoms with E-state index in [1.165, 1.54) is 19.3 Å². The highest BCUT2D eigenvalue weighted by Crippen LogP contribution is 2.31. The molecule has 3 nitrogen and oxygen atoms in total. The highest BCUT2D eigenvalue weighted by atomic mass is 35.5. The molecule has 0 aromatic carbocycles. The van der Waals surface area contributed by atoms with Crippen LogP contribution in [0.2, 0.25) is 10.4 Å². The maximum atomic E-state index is 5.95. The van der Waals surface area contributed by atoms with E-state index >= 15 is 0 Å². The first-order chi connectivity index (χ1) is 7.18. The fourth-order valence-electron chi connectivity index (χ4n) is 1.58. The summed E-state index contributed by atoms with van der Waals surface area (Å²) in [4.78, 5) is 3.99. The molecule has 1 aliphatic carbocycles. The third kappa shape index (κ3) is 2.86. The molecule has 5 heteroatoms. The van der Waals surface area contributed by atoms with E-state index < -0.39 is 0 Å². The minimum Gasteiger partial charge on any atom is -0.319 e. The molecular formula is C10H15Cl2N3. The van der Waals surface area contributed by atoms with E-state index in [0.717, 1.165) is 24.7 Å². The standard InChI is InChI=1S/C10H15Cl2N3/c1-15-8(9(11)14-10(15)12)6-13-5-4-7-2-3-7/h7,13H,2-6H2,1H3. The van der Waals surface area contributed by atoms with Crippen LogP contribution in [0.15, 0.2) is 0 Å². The van der Waals surface area contributed by atoms with Crippen molar-refractivity contribution in [2.24, 2.45) is 13.0 Å². The molecule has 0 aliphatic heterocycles. The van der Waals surface area contributed by atoms with Crippen LogP contribution in [-0.2, 0) is 13.6 Å². The van der Waals surface area contributed by atoms with Crippen molar-refractivity contribution < 1.29 is 0 Å². The molecule has 0 spiro atoms. The van der Waals surface area contributed by atoms with Crippen LogP contribution in [0.1, 0.15) is 25.0 Å². The number of imidazole rings is 1. The van der Waals surface area contributed by atoms with E-state index in [-0.39, 0.29) is 0 Å². The van der Waals surface area contributed by atoms with E-state index in [0.29, 0.717) is 10.4 Å². The molecule has 1 heterocycles. The highest BCUT2D eigenvalue weighted by Gasteiger charge is 2.20. The number of hydrogen-bond acceptors (Lipinski definition) is 2. The van der Waals surface area contributed by atoms with E-state index in [2.05, 4.69) is 10.3 Å². The molecule has 1 aromatic rings. The lowest BCUT2D eigenvalue weighted by Gasteiger charge is -2.05. The summed E-state index contributed by atoms with van der Waals surface area (Å²) in [6.45, 7) is 1.78. The van der Waals surface area contributed by atoms with Gasteiger partial charge in [-0.25, -0.2) is 4.98 Å². The first kappa shape index (κ1) is 11.2. The van der Waals surface area contributed by atoms with Gasteiger partial charge in [0.05, 0.1) is 5.69 Å². The zero-order chi connectivity index (χ0) is 10.8. The third-order valence-corrected chi connectivity index (χ3v) is 3.47. The molecule has 0 bridgehead atoms. The van der Waals surface area contributed by atoms with Crippen molar-refractivity contribution >= 4 is 23.2 Å². The van der Waals surface area contributed by atoms with Crippen LogP contribution in [0.25, 0.3) is 0 Å².